The van der Waals surface area contributed by atoms with Crippen LogP contribution in [-0.4, -0.2) is 63.1 Å². The zero-order valence-corrected chi connectivity index (χ0v) is 23.1. The molecule has 5 rings (SSSR count). The summed E-state index contributed by atoms with van der Waals surface area (Å²) < 4.78 is 16.4. The Labute approximate surface area is 230 Å². The number of nitrogens with zero attached hydrogens (tertiary/aromatic N) is 2. The van der Waals surface area contributed by atoms with E-state index in [9.17, 15) is 9.59 Å². The predicted molar refractivity (Wildman–Crippen MR) is 150 cm³/mol. The molecule has 0 aliphatic carbocycles. The van der Waals surface area contributed by atoms with Gasteiger partial charge in [-0.15, -0.1) is 0 Å². The predicted octanol–water partition coefficient (Wildman–Crippen LogP) is 5.10. The van der Waals surface area contributed by atoms with Crippen LogP contribution in [0.1, 0.15) is 51.8 Å². The lowest BCUT2D eigenvalue weighted by atomic mass is 9.78. The number of hydrogen-bond acceptors (Lipinski definition) is 5. The number of rotatable bonds is 7. The van der Waals surface area contributed by atoms with Gasteiger partial charge in [-0.2, -0.15) is 0 Å². The molecule has 2 aliphatic heterocycles. The molecule has 0 saturated carbocycles. The number of ether oxygens (including phenoxy) is 3. The van der Waals surface area contributed by atoms with Gasteiger partial charge in [0.15, 0.2) is 11.5 Å². The second-order valence-electron chi connectivity index (χ2n) is 10.4. The van der Waals surface area contributed by atoms with Crippen LogP contribution in [0.2, 0.25) is 0 Å². The summed E-state index contributed by atoms with van der Waals surface area (Å²) in [6, 6.07) is 21.2. The molecular weight excluding hydrogens is 492 g/mol. The molecule has 39 heavy (non-hydrogen) atoms. The smallest absolute Gasteiger partial charge is 0.254 e. The van der Waals surface area contributed by atoms with Crippen molar-refractivity contribution in [3.8, 4) is 17.2 Å². The molecule has 2 amide bonds. The SMILES string of the molecule is COc1ccc([C@H]2[C@H](C(=O)N3CCC(Cc4ccccc4)CC3)c3cc(OC)c(OC)cc3C(=O)N2C)cc1. The van der Waals surface area contributed by atoms with Gasteiger partial charge in [-0.3, -0.25) is 9.59 Å². The van der Waals surface area contributed by atoms with Crippen molar-refractivity contribution in [2.45, 2.75) is 31.2 Å². The molecule has 0 N–H and O–H groups in total. The normalized spacial score (nSPS) is 19.4. The maximum Gasteiger partial charge on any atom is 0.254 e. The number of fused-ring (bicyclic) bond motifs is 1. The maximum atomic E-state index is 14.4. The minimum Gasteiger partial charge on any atom is -0.497 e. The average Bonchev–Trinajstić information content (AvgIpc) is 2.99. The van der Waals surface area contributed by atoms with Crippen LogP contribution in [0.25, 0.3) is 0 Å². The fourth-order valence-corrected chi connectivity index (χ4v) is 6.03. The highest BCUT2D eigenvalue weighted by atomic mass is 16.5. The number of methoxy groups -OCH3 is 3. The minimum atomic E-state index is -0.582. The first kappa shape index (κ1) is 26.6. The van der Waals surface area contributed by atoms with Gasteiger partial charge in [0, 0.05) is 25.7 Å². The molecule has 0 bridgehead atoms. The van der Waals surface area contributed by atoms with Gasteiger partial charge >= 0.3 is 0 Å². The van der Waals surface area contributed by atoms with Gasteiger partial charge in [0.25, 0.3) is 5.91 Å². The molecule has 2 heterocycles. The van der Waals surface area contributed by atoms with Gasteiger partial charge in [-0.1, -0.05) is 42.5 Å². The van der Waals surface area contributed by atoms with Gasteiger partial charge in [-0.25, -0.2) is 0 Å². The van der Waals surface area contributed by atoms with Crippen LogP contribution in [0.5, 0.6) is 17.2 Å². The summed E-state index contributed by atoms with van der Waals surface area (Å²) in [5, 5.41) is 0. The van der Waals surface area contributed by atoms with E-state index in [1.54, 1.807) is 45.4 Å². The van der Waals surface area contributed by atoms with Crippen molar-refractivity contribution in [2.24, 2.45) is 5.92 Å². The number of carbonyl (C=O) groups excluding carboxylic acids is 2. The van der Waals surface area contributed by atoms with E-state index in [-0.39, 0.29) is 11.8 Å². The molecular formula is C32H36N2O5. The number of amides is 2. The first-order valence-electron chi connectivity index (χ1n) is 13.4. The highest BCUT2D eigenvalue weighted by Crippen LogP contribution is 2.46. The molecule has 0 radical (unpaired) electrons. The second kappa shape index (κ2) is 11.4. The number of piperidine rings is 1. The summed E-state index contributed by atoms with van der Waals surface area (Å²) in [6.45, 7) is 1.39. The van der Waals surface area contributed by atoms with E-state index in [4.69, 9.17) is 14.2 Å². The third kappa shape index (κ3) is 5.18. The average molecular weight is 529 g/mol. The molecule has 2 aliphatic rings. The summed E-state index contributed by atoms with van der Waals surface area (Å²) in [7, 11) is 6.50. The summed E-state index contributed by atoms with van der Waals surface area (Å²) in [4.78, 5) is 31.7. The Balaban J connectivity index is 1.49. The van der Waals surface area contributed by atoms with Gasteiger partial charge in [-0.05, 0) is 66.1 Å². The molecule has 0 spiro atoms. The van der Waals surface area contributed by atoms with E-state index < -0.39 is 12.0 Å². The Bertz CT molecular complexity index is 1320. The van der Waals surface area contributed by atoms with Crippen molar-refractivity contribution >= 4 is 11.8 Å². The standard InChI is InChI=1S/C32H36N2O5/c1-33-30(23-10-12-24(37-2)13-11-23)29(25-19-27(38-3)28(39-4)20-26(25)31(33)35)32(36)34-16-14-22(15-17-34)18-21-8-6-5-7-9-21/h5-13,19-20,22,29-30H,14-18H2,1-4H3/t29-,30+/m1/s1. The molecule has 3 aromatic carbocycles. The van der Waals surface area contributed by atoms with Crippen LogP contribution < -0.4 is 14.2 Å². The summed E-state index contributed by atoms with van der Waals surface area (Å²) in [5.74, 6) is 1.52. The Morgan fingerprint density at radius 3 is 2.13 bits per heavy atom. The summed E-state index contributed by atoms with van der Waals surface area (Å²) in [5.41, 5.74) is 3.36. The van der Waals surface area contributed by atoms with E-state index in [0.29, 0.717) is 41.6 Å². The van der Waals surface area contributed by atoms with E-state index in [2.05, 4.69) is 24.3 Å². The molecule has 1 saturated heterocycles. The van der Waals surface area contributed by atoms with Gasteiger partial charge < -0.3 is 24.0 Å². The Morgan fingerprint density at radius 2 is 1.51 bits per heavy atom. The first-order chi connectivity index (χ1) is 18.9. The van der Waals surface area contributed by atoms with Gasteiger partial charge in [0.05, 0.1) is 33.3 Å². The molecule has 1 fully saturated rings. The number of carbonyl (C=O) groups is 2. The molecule has 0 aromatic heterocycles. The lowest BCUT2D eigenvalue weighted by Crippen LogP contribution is -2.48. The molecule has 2 atom stereocenters. The van der Waals surface area contributed by atoms with E-state index in [0.717, 1.165) is 30.6 Å². The van der Waals surface area contributed by atoms with Crippen LogP contribution >= 0.6 is 0 Å². The Morgan fingerprint density at radius 1 is 0.872 bits per heavy atom. The summed E-state index contributed by atoms with van der Waals surface area (Å²) in [6.07, 6.45) is 2.93. The number of benzene rings is 3. The summed E-state index contributed by atoms with van der Waals surface area (Å²) >= 11 is 0. The molecule has 0 unspecified atom stereocenters. The molecule has 7 nitrogen and oxygen atoms in total. The van der Waals surface area contributed by atoms with Gasteiger partial charge in [0.2, 0.25) is 5.91 Å². The van der Waals surface area contributed by atoms with Crippen LogP contribution in [0, 0.1) is 5.92 Å². The van der Waals surface area contributed by atoms with Crippen LogP contribution in [0.4, 0.5) is 0 Å². The van der Waals surface area contributed by atoms with Crippen molar-refractivity contribution in [3.05, 3.63) is 89.0 Å². The number of likely N-dealkylation sites (N-methyl/N-ethyl adjacent to an activating group) is 1. The lowest BCUT2D eigenvalue weighted by Gasteiger charge is -2.43. The zero-order chi connectivity index (χ0) is 27.5. The quantitative estimate of drug-likeness (QED) is 0.427. The fourth-order valence-electron chi connectivity index (χ4n) is 6.03. The Kier molecular flexibility index (Phi) is 7.77. The zero-order valence-electron chi connectivity index (χ0n) is 23.1. The van der Waals surface area contributed by atoms with Crippen molar-refractivity contribution in [2.75, 3.05) is 41.5 Å². The van der Waals surface area contributed by atoms with Crippen molar-refractivity contribution in [3.63, 3.8) is 0 Å². The first-order valence-corrected chi connectivity index (χ1v) is 13.4. The van der Waals surface area contributed by atoms with Crippen LogP contribution in [-0.2, 0) is 11.2 Å². The van der Waals surface area contributed by atoms with E-state index in [1.807, 2.05) is 35.2 Å². The maximum absolute atomic E-state index is 14.4. The van der Waals surface area contributed by atoms with Crippen molar-refractivity contribution in [1.82, 2.24) is 9.80 Å². The number of hydrogen-bond donors (Lipinski definition) is 0. The molecule has 204 valence electrons. The molecule has 3 aromatic rings. The second-order valence-corrected chi connectivity index (χ2v) is 10.4. The van der Waals surface area contributed by atoms with Crippen LogP contribution in [0.15, 0.2) is 66.7 Å². The van der Waals surface area contributed by atoms with Crippen molar-refractivity contribution < 1.29 is 23.8 Å². The Hall–Kier alpha value is -4.00. The fraction of sp³-hybridized carbons (Fsp3) is 0.375. The van der Waals surface area contributed by atoms with Gasteiger partial charge in [0.1, 0.15) is 5.75 Å². The lowest BCUT2D eigenvalue weighted by molar-refractivity contribution is -0.136. The largest absolute Gasteiger partial charge is 0.497 e. The third-order valence-corrected chi connectivity index (χ3v) is 8.19. The minimum absolute atomic E-state index is 0.0294. The highest BCUT2D eigenvalue weighted by Gasteiger charge is 2.45. The number of likely N-dealkylation sites (tertiary alicyclic amines) is 1. The van der Waals surface area contributed by atoms with E-state index >= 15 is 0 Å². The molecule has 7 heteroatoms. The third-order valence-electron chi connectivity index (χ3n) is 8.19. The van der Waals surface area contributed by atoms with E-state index in [1.165, 1.54) is 5.56 Å². The van der Waals surface area contributed by atoms with Crippen molar-refractivity contribution in [1.29, 1.82) is 0 Å². The highest BCUT2D eigenvalue weighted by molar-refractivity contribution is 6.02. The monoisotopic (exact) mass is 528 g/mol. The van der Waals surface area contributed by atoms with Crippen LogP contribution in [0.3, 0.4) is 0 Å². The topological polar surface area (TPSA) is 68.3 Å².